The summed E-state index contributed by atoms with van der Waals surface area (Å²) in [4.78, 5) is 38.7. The average molecular weight is 280 g/mol. The minimum atomic E-state index is -0.970. The van der Waals surface area contributed by atoms with E-state index in [0.717, 1.165) is 0 Å². The van der Waals surface area contributed by atoms with E-state index in [4.69, 9.17) is 21.1 Å². The van der Waals surface area contributed by atoms with Gasteiger partial charge in [0.1, 0.15) is 6.04 Å². The van der Waals surface area contributed by atoms with E-state index < -0.39 is 23.9 Å². The first kappa shape index (κ1) is 13.9. The predicted molar refractivity (Wildman–Crippen MR) is 64.4 cm³/mol. The molecular weight excluding hydrogens is 268 g/mol. The third-order valence-corrected chi connectivity index (χ3v) is 2.62. The summed E-state index contributed by atoms with van der Waals surface area (Å²) in [5, 5.41) is 0. The zero-order valence-electron chi connectivity index (χ0n) is 10.3. The summed E-state index contributed by atoms with van der Waals surface area (Å²) in [6.07, 6.45) is 1.20. The van der Waals surface area contributed by atoms with E-state index in [9.17, 15) is 14.4 Å². The number of carbonyl (C=O) groups is 3. The third-order valence-electron chi connectivity index (χ3n) is 2.62. The van der Waals surface area contributed by atoms with Crippen molar-refractivity contribution in [2.24, 2.45) is 11.6 Å². The molecule has 1 aliphatic rings. The van der Waals surface area contributed by atoms with Crippen LogP contribution in [0.15, 0.2) is 12.3 Å². The van der Waals surface area contributed by atoms with Crippen LogP contribution in [0.25, 0.3) is 0 Å². The maximum atomic E-state index is 11.7. The van der Waals surface area contributed by atoms with Crippen molar-refractivity contribution in [2.75, 3.05) is 0 Å². The smallest absolute Gasteiger partial charge is 0.329 e. The highest BCUT2D eigenvalue weighted by atomic mass is 16.6. The molecule has 0 spiro atoms. The molecule has 20 heavy (non-hydrogen) atoms. The highest BCUT2D eigenvalue weighted by Crippen LogP contribution is 2.30. The van der Waals surface area contributed by atoms with Crippen molar-refractivity contribution in [3.05, 3.63) is 17.8 Å². The summed E-state index contributed by atoms with van der Waals surface area (Å²) in [6.45, 7) is 0. The van der Waals surface area contributed by atoms with Crippen LogP contribution in [0.4, 0.5) is 0 Å². The molecule has 1 atom stereocenters. The summed E-state index contributed by atoms with van der Waals surface area (Å²) >= 11 is 0. The number of nitrogens with zero attached hydrogens (tertiary/aromatic N) is 1. The monoisotopic (exact) mass is 280 g/mol. The van der Waals surface area contributed by atoms with Crippen LogP contribution < -0.4 is 26.5 Å². The van der Waals surface area contributed by atoms with E-state index in [2.05, 4.69) is 4.98 Å². The molecule has 0 bridgehead atoms. The van der Waals surface area contributed by atoms with Crippen molar-refractivity contribution in [1.82, 2.24) is 10.4 Å². The lowest BCUT2D eigenvalue weighted by molar-refractivity contribution is -0.136. The van der Waals surface area contributed by atoms with Gasteiger partial charge in [0.25, 0.3) is 11.8 Å². The van der Waals surface area contributed by atoms with Crippen molar-refractivity contribution in [3.8, 4) is 11.6 Å². The Hall–Kier alpha value is -2.52. The molecule has 1 aliphatic heterocycles. The van der Waals surface area contributed by atoms with E-state index in [1.165, 1.54) is 12.3 Å². The fourth-order valence-electron chi connectivity index (χ4n) is 1.58. The Balaban J connectivity index is 2.49. The lowest BCUT2D eigenvalue weighted by Crippen LogP contribution is -2.34. The van der Waals surface area contributed by atoms with Crippen LogP contribution in [0.3, 0.4) is 0 Å². The molecule has 106 valence electrons. The number of hydrogen-bond donors (Lipinski definition) is 3. The van der Waals surface area contributed by atoms with Gasteiger partial charge in [-0.15, -0.1) is 0 Å². The molecule has 0 unspecified atom stereocenters. The SMILES string of the molecule is NNC(=O)c1ccnc2c1OC(=O)CC[C@@H](N)C(=O)O2. The minimum Gasteiger partial charge on any atom is -0.420 e. The van der Waals surface area contributed by atoms with Crippen molar-refractivity contribution < 1.29 is 23.9 Å². The van der Waals surface area contributed by atoms with Crippen molar-refractivity contribution in [3.63, 3.8) is 0 Å². The molecule has 9 nitrogen and oxygen atoms in total. The Bertz CT molecular complexity index is 574. The number of hydrazine groups is 1. The van der Waals surface area contributed by atoms with Crippen molar-refractivity contribution in [1.29, 1.82) is 0 Å². The van der Waals surface area contributed by atoms with Gasteiger partial charge in [-0.2, -0.15) is 0 Å². The molecule has 0 saturated carbocycles. The van der Waals surface area contributed by atoms with Gasteiger partial charge >= 0.3 is 11.9 Å². The first-order chi connectivity index (χ1) is 9.52. The topological polar surface area (TPSA) is 147 Å². The van der Waals surface area contributed by atoms with Gasteiger partial charge in [0, 0.05) is 12.6 Å². The minimum absolute atomic E-state index is 0.0735. The Labute approximate surface area is 113 Å². The summed E-state index contributed by atoms with van der Waals surface area (Å²) in [7, 11) is 0. The number of carbonyl (C=O) groups excluding carboxylic acids is 3. The van der Waals surface area contributed by atoms with Crippen LogP contribution in [0.5, 0.6) is 11.6 Å². The Morgan fingerprint density at radius 3 is 2.85 bits per heavy atom. The number of hydrogen-bond acceptors (Lipinski definition) is 8. The highest BCUT2D eigenvalue weighted by molar-refractivity contribution is 5.98. The van der Waals surface area contributed by atoms with Crippen LogP contribution in [-0.4, -0.2) is 28.9 Å². The zero-order chi connectivity index (χ0) is 14.7. The van der Waals surface area contributed by atoms with Gasteiger partial charge in [-0.05, 0) is 12.5 Å². The number of nitrogens with one attached hydrogen (secondary N) is 1. The average Bonchev–Trinajstić information content (AvgIpc) is 2.49. The predicted octanol–water partition coefficient (Wildman–Crippen LogP) is -1.38. The van der Waals surface area contributed by atoms with Gasteiger partial charge in [-0.25, -0.2) is 15.6 Å². The second kappa shape index (κ2) is 5.63. The number of amides is 1. The van der Waals surface area contributed by atoms with E-state index in [1.54, 1.807) is 0 Å². The highest BCUT2D eigenvalue weighted by Gasteiger charge is 2.27. The Morgan fingerprint density at radius 1 is 1.40 bits per heavy atom. The normalized spacial score (nSPS) is 18.8. The number of nitrogen functional groups attached to an aromatic ring is 1. The molecule has 2 heterocycles. The molecule has 1 aromatic rings. The number of rotatable bonds is 1. The fourth-order valence-corrected chi connectivity index (χ4v) is 1.58. The van der Waals surface area contributed by atoms with Crippen LogP contribution in [0, 0.1) is 0 Å². The van der Waals surface area contributed by atoms with Gasteiger partial charge in [0.2, 0.25) is 5.75 Å². The molecular formula is C11H12N4O5. The second-order valence-electron chi connectivity index (χ2n) is 4.01. The summed E-state index contributed by atoms with van der Waals surface area (Å²) in [6, 6.07) is 0.308. The maximum absolute atomic E-state index is 11.7. The number of nitrogens with two attached hydrogens (primary N) is 2. The van der Waals surface area contributed by atoms with Crippen LogP contribution >= 0.6 is 0 Å². The number of ether oxygens (including phenoxy) is 2. The van der Waals surface area contributed by atoms with Gasteiger partial charge in [-0.1, -0.05) is 0 Å². The molecule has 5 N–H and O–H groups in total. The van der Waals surface area contributed by atoms with Gasteiger partial charge in [0.05, 0.1) is 5.56 Å². The van der Waals surface area contributed by atoms with Gasteiger partial charge in [0.15, 0.2) is 0 Å². The standard InChI is InChI=1S/C11H12N4O5/c12-6-1-2-7(16)19-8-5(9(17)15-13)3-4-14-10(8)20-11(6)18/h3-4,6H,1-2,12-13H2,(H,15,17)/t6-/m1/s1. The van der Waals surface area contributed by atoms with Crippen LogP contribution in [-0.2, 0) is 9.59 Å². The third kappa shape index (κ3) is 2.73. The molecule has 2 rings (SSSR count). The number of esters is 2. The molecule has 0 saturated heterocycles. The second-order valence-corrected chi connectivity index (χ2v) is 4.01. The summed E-state index contributed by atoms with van der Waals surface area (Å²) < 4.78 is 9.96. The van der Waals surface area contributed by atoms with Crippen molar-refractivity contribution >= 4 is 17.8 Å². The fraction of sp³-hybridized carbons (Fsp3) is 0.273. The zero-order valence-corrected chi connectivity index (χ0v) is 10.3. The molecule has 1 aromatic heterocycles. The largest absolute Gasteiger partial charge is 0.420 e. The first-order valence-corrected chi connectivity index (χ1v) is 5.71. The maximum Gasteiger partial charge on any atom is 0.329 e. The van der Waals surface area contributed by atoms with Gasteiger partial charge in [-0.3, -0.25) is 15.0 Å². The summed E-state index contributed by atoms with van der Waals surface area (Å²) in [5.74, 6) is 2.34. The van der Waals surface area contributed by atoms with E-state index in [0.29, 0.717) is 0 Å². The molecule has 0 radical (unpaired) electrons. The quantitative estimate of drug-likeness (QED) is 0.247. The van der Waals surface area contributed by atoms with Crippen LogP contribution in [0.2, 0.25) is 0 Å². The molecule has 9 heteroatoms. The molecule has 0 aliphatic carbocycles. The molecule has 0 fully saturated rings. The van der Waals surface area contributed by atoms with E-state index in [1.807, 2.05) is 5.43 Å². The van der Waals surface area contributed by atoms with E-state index >= 15 is 0 Å². The Kier molecular flexibility index (Phi) is 3.91. The van der Waals surface area contributed by atoms with Crippen molar-refractivity contribution in [2.45, 2.75) is 18.9 Å². The lowest BCUT2D eigenvalue weighted by Gasteiger charge is -2.11. The molecule has 0 aromatic carbocycles. The first-order valence-electron chi connectivity index (χ1n) is 5.71. The number of fused-ring (bicyclic) bond motifs is 1. The Morgan fingerprint density at radius 2 is 2.15 bits per heavy atom. The number of pyridine rings is 1. The van der Waals surface area contributed by atoms with Gasteiger partial charge < -0.3 is 15.2 Å². The van der Waals surface area contributed by atoms with E-state index in [-0.39, 0.29) is 30.0 Å². The molecule has 1 amide bonds. The lowest BCUT2D eigenvalue weighted by atomic mass is 10.2. The number of aromatic nitrogens is 1. The summed E-state index contributed by atoms with van der Waals surface area (Å²) in [5.41, 5.74) is 7.37. The van der Waals surface area contributed by atoms with Crippen LogP contribution in [0.1, 0.15) is 23.2 Å².